The Bertz CT molecular complexity index is 820. The second-order valence-corrected chi connectivity index (χ2v) is 9.37. The average Bonchev–Trinajstić information content (AvgIpc) is 2.84. The maximum absolute atomic E-state index is 5.76. The molecule has 1 saturated carbocycles. The van der Waals surface area contributed by atoms with Gasteiger partial charge in [0.25, 0.3) is 0 Å². The molecule has 0 spiro atoms. The molecule has 1 aliphatic rings. The normalized spacial score (nSPS) is 18.1. The fourth-order valence-electron chi connectivity index (χ4n) is 4.70. The Balaban J connectivity index is 1.44. The SMILES string of the molecule is CCCCCCOc1ccc(C#Cc2ccc(C3CCC(CCCCC)CC3)cc2)nc1. The summed E-state index contributed by atoms with van der Waals surface area (Å²) in [5.41, 5.74) is 3.33. The van der Waals surface area contributed by atoms with Crippen LogP contribution in [0.15, 0.2) is 42.6 Å². The fourth-order valence-corrected chi connectivity index (χ4v) is 4.70. The Labute approximate surface area is 196 Å². The maximum Gasteiger partial charge on any atom is 0.137 e. The second-order valence-electron chi connectivity index (χ2n) is 9.37. The van der Waals surface area contributed by atoms with Gasteiger partial charge < -0.3 is 4.74 Å². The molecule has 2 nitrogen and oxygen atoms in total. The molecular weight excluding hydrogens is 390 g/mol. The highest BCUT2D eigenvalue weighted by atomic mass is 16.5. The zero-order chi connectivity index (χ0) is 22.4. The molecule has 1 aromatic heterocycles. The van der Waals surface area contributed by atoms with Gasteiger partial charge in [-0.15, -0.1) is 0 Å². The van der Waals surface area contributed by atoms with E-state index in [1.54, 1.807) is 6.20 Å². The fraction of sp³-hybridized carbons (Fsp3) is 0.567. The van der Waals surface area contributed by atoms with Crippen molar-refractivity contribution in [3.8, 4) is 17.6 Å². The van der Waals surface area contributed by atoms with Crippen molar-refractivity contribution in [1.82, 2.24) is 4.98 Å². The van der Waals surface area contributed by atoms with Gasteiger partial charge in [0, 0.05) is 5.56 Å². The first-order chi connectivity index (χ1) is 15.8. The van der Waals surface area contributed by atoms with Crippen molar-refractivity contribution in [2.24, 2.45) is 5.92 Å². The molecule has 0 saturated heterocycles. The lowest BCUT2D eigenvalue weighted by molar-refractivity contribution is 0.303. The molecule has 0 N–H and O–H groups in total. The molecule has 0 unspecified atom stereocenters. The van der Waals surface area contributed by atoms with Crippen molar-refractivity contribution in [2.75, 3.05) is 6.61 Å². The topological polar surface area (TPSA) is 22.1 Å². The molecule has 1 heterocycles. The van der Waals surface area contributed by atoms with E-state index in [-0.39, 0.29) is 0 Å². The van der Waals surface area contributed by atoms with E-state index >= 15 is 0 Å². The Morgan fingerprint density at radius 1 is 0.812 bits per heavy atom. The predicted octanol–water partition coefficient (Wildman–Crippen LogP) is 8.29. The quantitative estimate of drug-likeness (QED) is 0.264. The van der Waals surface area contributed by atoms with Crippen LogP contribution in [0.5, 0.6) is 5.75 Å². The van der Waals surface area contributed by atoms with Gasteiger partial charge in [-0.25, -0.2) is 4.98 Å². The maximum atomic E-state index is 5.76. The molecule has 1 aromatic carbocycles. The summed E-state index contributed by atoms with van der Waals surface area (Å²) in [5, 5.41) is 0. The Hall–Kier alpha value is -2.27. The van der Waals surface area contributed by atoms with Crippen LogP contribution in [0.2, 0.25) is 0 Å². The van der Waals surface area contributed by atoms with Gasteiger partial charge in [-0.3, -0.25) is 0 Å². The van der Waals surface area contributed by atoms with Crippen molar-refractivity contribution in [3.05, 3.63) is 59.4 Å². The molecule has 2 heteroatoms. The largest absolute Gasteiger partial charge is 0.492 e. The van der Waals surface area contributed by atoms with Crippen molar-refractivity contribution in [2.45, 2.75) is 96.8 Å². The van der Waals surface area contributed by atoms with Gasteiger partial charge in [0.05, 0.1) is 12.8 Å². The molecule has 1 aliphatic carbocycles. The minimum absolute atomic E-state index is 0.732. The van der Waals surface area contributed by atoms with Gasteiger partial charge in [0.15, 0.2) is 0 Å². The van der Waals surface area contributed by atoms with Crippen molar-refractivity contribution in [1.29, 1.82) is 0 Å². The molecule has 3 rings (SSSR count). The van der Waals surface area contributed by atoms with Gasteiger partial charge >= 0.3 is 0 Å². The van der Waals surface area contributed by atoms with Crippen LogP contribution in [-0.2, 0) is 0 Å². The summed E-state index contributed by atoms with van der Waals surface area (Å²) in [6.45, 7) is 5.28. The number of hydrogen-bond acceptors (Lipinski definition) is 2. The number of ether oxygens (including phenoxy) is 1. The predicted molar refractivity (Wildman–Crippen MR) is 135 cm³/mol. The molecular formula is C30H41NO. The Kier molecular flexibility index (Phi) is 10.7. The molecule has 0 bridgehead atoms. The first-order valence-electron chi connectivity index (χ1n) is 13.0. The van der Waals surface area contributed by atoms with Crippen LogP contribution in [0.3, 0.4) is 0 Å². The highest BCUT2D eigenvalue weighted by molar-refractivity contribution is 5.42. The third-order valence-electron chi connectivity index (χ3n) is 6.78. The summed E-state index contributed by atoms with van der Waals surface area (Å²) < 4.78 is 5.76. The van der Waals surface area contributed by atoms with Crippen LogP contribution >= 0.6 is 0 Å². The average molecular weight is 432 g/mol. The monoisotopic (exact) mass is 431 g/mol. The number of benzene rings is 1. The highest BCUT2D eigenvalue weighted by Gasteiger charge is 2.21. The molecule has 32 heavy (non-hydrogen) atoms. The number of hydrogen-bond donors (Lipinski definition) is 0. The highest BCUT2D eigenvalue weighted by Crippen LogP contribution is 2.37. The van der Waals surface area contributed by atoms with E-state index < -0.39 is 0 Å². The number of pyridine rings is 1. The zero-order valence-electron chi connectivity index (χ0n) is 20.2. The van der Waals surface area contributed by atoms with Gasteiger partial charge in [0.2, 0.25) is 0 Å². The minimum atomic E-state index is 0.732. The molecule has 1 fully saturated rings. The standard InChI is InChI=1S/C30H41NO/c1-3-5-7-9-23-32-30-22-21-29(31-24-30)20-15-26-13-18-28(19-14-26)27-16-11-25(12-17-27)10-8-6-4-2/h13-14,18-19,21-22,24-25,27H,3-12,16-17,23H2,1-2H3. The van der Waals surface area contributed by atoms with E-state index in [4.69, 9.17) is 4.74 Å². The summed E-state index contributed by atoms with van der Waals surface area (Å²) in [6, 6.07) is 12.8. The lowest BCUT2D eigenvalue weighted by Gasteiger charge is -2.29. The lowest BCUT2D eigenvalue weighted by Crippen LogP contribution is -2.13. The van der Waals surface area contributed by atoms with E-state index in [9.17, 15) is 0 Å². The molecule has 0 aliphatic heterocycles. The van der Waals surface area contributed by atoms with Gasteiger partial charge in [-0.05, 0) is 79.7 Å². The minimum Gasteiger partial charge on any atom is -0.492 e. The first kappa shape index (κ1) is 24.4. The van der Waals surface area contributed by atoms with E-state index in [2.05, 4.69) is 54.9 Å². The second kappa shape index (κ2) is 14.0. The summed E-state index contributed by atoms with van der Waals surface area (Å²) in [7, 11) is 0. The zero-order valence-corrected chi connectivity index (χ0v) is 20.2. The lowest BCUT2D eigenvalue weighted by atomic mass is 9.77. The van der Waals surface area contributed by atoms with Crippen molar-refractivity contribution in [3.63, 3.8) is 0 Å². The Morgan fingerprint density at radius 2 is 1.56 bits per heavy atom. The van der Waals surface area contributed by atoms with Crippen LogP contribution in [0.25, 0.3) is 0 Å². The van der Waals surface area contributed by atoms with Gasteiger partial charge in [0.1, 0.15) is 11.4 Å². The summed E-state index contributed by atoms with van der Waals surface area (Å²) >= 11 is 0. The summed E-state index contributed by atoms with van der Waals surface area (Å²) in [4.78, 5) is 4.43. The smallest absolute Gasteiger partial charge is 0.137 e. The third-order valence-corrected chi connectivity index (χ3v) is 6.78. The van der Waals surface area contributed by atoms with E-state index in [1.165, 1.54) is 76.2 Å². The van der Waals surface area contributed by atoms with Crippen LogP contribution in [0, 0.1) is 17.8 Å². The molecule has 0 amide bonds. The van der Waals surface area contributed by atoms with Crippen LogP contribution in [0.1, 0.15) is 114 Å². The third kappa shape index (κ3) is 8.34. The van der Waals surface area contributed by atoms with Crippen LogP contribution < -0.4 is 4.74 Å². The van der Waals surface area contributed by atoms with Crippen molar-refractivity contribution >= 4 is 0 Å². The summed E-state index contributed by atoms with van der Waals surface area (Å²) in [5.74, 6) is 8.97. The molecule has 172 valence electrons. The van der Waals surface area contributed by atoms with Crippen molar-refractivity contribution < 1.29 is 4.74 Å². The number of nitrogens with zero attached hydrogens (tertiary/aromatic N) is 1. The number of rotatable bonds is 11. The van der Waals surface area contributed by atoms with E-state index in [1.807, 2.05) is 12.1 Å². The van der Waals surface area contributed by atoms with Crippen LogP contribution in [-0.4, -0.2) is 11.6 Å². The van der Waals surface area contributed by atoms with Gasteiger partial charge in [-0.2, -0.15) is 0 Å². The number of aromatic nitrogens is 1. The number of unbranched alkanes of at least 4 members (excludes halogenated alkanes) is 5. The van der Waals surface area contributed by atoms with Gasteiger partial charge in [-0.1, -0.05) is 76.8 Å². The van der Waals surface area contributed by atoms with E-state index in [0.717, 1.165) is 41.9 Å². The molecule has 0 atom stereocenters. The molecule has 0 radical (unpaired) electrons. The van der Waals surface area contributed by atoms with E-state index in [0.29, 0.717) is 0 Å². The van der Waals surface area contributed by atoms with Crippen LogP contribution in [0.4, 0.5) is 0 Å². The summed E-state index contributed by atoms with van der Waals surface area (Å²) in [6.07, 6.45) is 17.7. The first-order valence-corrected chi connectivity index (χ1v) is 13.0. The molecule has 2 aromatic rings. The Morgan fingerprint density at radius 3 is 2.25 bits per heavy atom.